The highest BCUT2D eigenvalue weighted by molar-refractivity contribution is 6.04. The SMILES string of the molecule is CC(C)[C@H](NC(=O)OC1CCCC1)C(=O)N1C[C@H](OC(=O)N2Cc3cc4c(cc3C2)OCO4)CC1C1=NC=C(c2ccc(-c3ccc(-c4cnc([C@@H]5CCCN5C(=O)[C@@H](NC(=O)OC5CCCC5)C(C)C)[nH]4)cc3)cc2)C1. The van der Waals surface area contributed by atoms with Crippen LogP contribution in [0.5, 0.6) is 11.5 Å². The molecule has 5 aliphatic heterocycles. The first kappa shape index (κ1) is 51.7. The maximum Gasteiger partial charge on any atom is 0.410 e. The second-order valence-corrected chi connectivity index (χ2v) is 22.4. The molecule has 4 fully saturated rings. The first-order chi connectivity index (χ1) is 37.3. The minimum atomic E-state index is -0.861. The lowest BCUT2D eigenvalue weighted by molar-refractivity contribution is -0.136. The number of allylic oxidation sites excluding steroid dienone is 1. The summed E-state index contributed by atoms with van der Waals surface area (Å²) in [4.78, 5) is 86.8. The van der Waals surface area contributed by atoms with E-state index in [-0.39, 0.29) is 55.2 Å². The number of alkyl carbamates (subject to hydrolysis) is 2. The smallest absolute Gasteiger partial charge is 0.410 e. The van der Waals surface area contributed by atoms with Gasteiger partial charge in [-0.25, -0.2) is 19.4 Å². The van der Waals surface area contributed by atoms with E-state index in [9.17, 15) is 24.0 Å². The Bertz CT molecular complexity index is 2890. The minimum Gasteiger partial charge on any atom is -0.454 e. The van der Waals surface area contributed by atoms with Crippen LogP contribution in [-0.2, 0) is 36.9 Å². The third-order valence-corrected chi connectivity index (χ3v) is 16.4. The number of nitrogens with one attached hydrogen (secondary N) is 3. The van der Waals surface area contributed by atoms with Crippen molar-refractivity contribution in [3.63, 3.8) is 0 Å². The van der Waals surface area contributed by atoms with E-state index in [2.05, 4.69) is 64.1 Å². The summed E-state index contributed by atoms with van der Waals surface area (Å²) in [5, 5.41) is 5.77. The van der Waals surface area contributed by atoms with Gasteiger partial charge in [-0.15, -0.1) is 0 Å². The van der Waals surface area contributed by atoms with E-state index >= 15 is 0 Å². The number of aromatic nitrogens is 2. The maximum absolute atomic E-state index is 14.7. The highest BCUT2D eigenvalue weighted by atomic mass is 16.7. The first-order valence-electron chi connectivity index (χ1n) is 27.8. The molecule has 2 aliphatic carbocycles. The summed E-state index contributed by atoms with van der Waals surface area (Å²) in [6.45, 7) is 9.32. The van der Waals surface area contributed by atoms with Gasteiger partial charge in [0.05, 0.1) is 30.5 Å². The van der Waals surface area contributed by atoms with Crippen molar-refractivity contribution in [2.45, 2.75) is 160 Å². The molecule has 11 rings (SSSR count). The largest absolute Gasteiger partial charge is 0.454 e. The Labute approximate surface area is 449 Å². The summed E-state index contributed by atoms with van der Waals surface area (Å²) in [6.07, 6.45) is 11.2. The van der Waals surface area contributed by atoms with Gasteiger partial charge in [0.1, 0.15) is 36.2 Å². The lowest BCUT2D eigenvalue weighted by Crippen LogP contribution is -2.54. The summed E-state index contributed by atoms with van der Waals surface area (Å²) in [5.74, 6) is 1.29. The van der Waals surface area contributed by atoms with Crippen LogP contribution in [0, 0.1) is 11.8 Å². The molecule has 18 nitrogen and oxygen atoms in total. The number of imidazole rings is 1. The Morgan fingerprint density at radius 2 is 1.19 bits per heavy atom. The predicted molar refractivity (Wildman–Crippen MR) is 286 cm³/mol. The molecule has 7 aliphatic rings. The number of aromatic amines is 1. The van der Waals surface area contributed by atoms with Crippen molar-refractivity contribution < 1.29 is 47.7 Å². The number of rotatable bonds is 14. The number of H-pyrrole nitrogens is 1. The average molecular weight is 1050 g/mol. The Hall–Kier alpha value is -7.37. The molecule has 1 aromatic heterocycles. The number of benzene rings is 3. The van der Waals surface area contributed by atoms with Crippen molar-refractivity contribution in [3.8, 4) is 33.9 Å². The van der Waals surface area contributed by atoms with Crippen LogP contribution in [0.1, 0.15) is 133 Å². The number of likely N-dealkylation sites (tertiary alicyclic amines) is 2. The summed E-state index contributed by atoms with van der Waals surface area (Å²) < 4.78 is 28.7. The second-order valence-electron chi connectivity index (χ2n) is 22.4. The van der Waals surface area contributed by atoms with Crippen molar-refractivity contribution >= 4 is 41.4 Å². The lowest BCUT2D eigenvalue weighted by Gasteiger charge is -2.31. The molecule has 0 bridgehead atoms. The van der Waals surface area contributed by atoms with Gasteiger partial charge in [0.2, 0.25) is 18.6 Å². The Kier molecular flexibility index (Phi) is 15.0. The van der Waals surface area contributed by atoms with Gasteiger partial charge in [-0.2, -0.15) is 0 Å². The summed E-state index contributed by atoms with van der Waals surface area (Å²) >= 11 is 0. The van der Waals surface area contributed by atoms with E-state index in [1.165, 1.54) is 0 Å². The van der Waals surface area contributed by atoms with E-state index in [4.69, 9.17) is 33.7 Å². The molecule has 2 saturated heterocycles. The highest BCUT2D eigenvalue weighted by Crippen LogP contribution is 2.40. The zero-order valence-corrected chi connectivity index (χ0v) is 44.5. The molecule has 1 unspecified atom stereocenters. The van der Waals surface area contributed by atoms with Crippen LogP contribution in [0.3, 0.4) is 0 Å². The molecule has 18 heteroatoms. The van der Waals surface area contributed by atoms with Gasteiger partial charge in [-0.05, 0) is 127 Å². The zero-order chi connectivity index (χ0) is 53.3. The van der Waals surface area contributed by atoms with Crippen molar-refractivity contribution in [3.05, 3.63) is 95.6 Å². The van der Waals surface area contributed by atoms with E-state index in [0.717, 1.165) is 120 Å². The third-order valence-electron chi connectivity index (χ3n) is 16.4. The highest BCUT2D eigenvalue weighted by Gasteiger charge is 2.45. The fourth-order valence-corrected chi connectivity index (χ4v) is 12.1. The number of hydrogen-bond acceptors (Lipinski definition) is 12. The monoisotopic (exact) mass is 1050 g/mol. The van der Waals surface area contributed by atoms with Crippen molar-refractivity contribution in [2.75, 3.05) is 19.9 Å². The molecule has 4 aromatic rings. The molecule has 406 valence electrons. The summed E-state index contributed by atoms with van der Waals surface area (Å²) in [7, 11) is 0. The third kappa shape index (κ3) is 11.2. The number of hydrogen-bond donors (Lipinski definition) is 3. The van der Waals surface area contributed by atoms with Crippen LogP contribution in [0.15, 0.2) is 78.1 Å². The number of aliphatic imine (C=N–C) groups is 1. The number of fused-ring (bicyclic) bond motifs is 2. The number of ether oxygens (including phenoxy) is 5. The van der Waals surface area contributed by atoms with E-state index in [0.29, 0.717) is 44.0 Å². The minimum absolute atomic E-state index is 0.0857. The first-order valence-corrected chi connectivity index (χ1v) is 27.8. The number of carbonyl (C=O) groups is 5. The van der Waals surface area contributed by atoms with Gasteiger partial charge in [0.25, 0.3) is 0 Å². The summed E-state index contributed by atoms with van der Waals surface area (Å²) in [5.41, 5.74) is 8.61. The van der Waals surface area contributed by atoms with Gasteiger partial charge in [0, 0.05) is 44.4 Å². The number of nitrogens with zero attached hydrogens (tertiary/aromatic N) is 5. The quantitative estimate of drug-likeness (QED) is 0.101. The molecule has 3 aromatic carbocycles. The van der Waals surface area contributed by atoms with Crippen molar-refractivity contribution in [1.82, 2.24) is 35.3 Å². The summed E-state index contributed by atoms with van der Waals surface area (Å²) in [6, 6.07) is 18.2. The van der Waals surface area contributed by atoms with E-state index in [1.807, 2.05) is 57.1 Å². The molecule has 2 saturated carbocycles. The van der Waals surface area contributed by atoms with Gasteiger partial charge in [0.15, 0.2) is 11.5 Å². The van der Waals surface area contributed by atoms with Crippen LogP contribution >= 0.6 is 0 Å². The van der Waals surface area contributed by atoms with Crippen LogP contribution in [0.2, 0.25) is 0 Å². The molecular formula is C59H70N8O10. The Morgan fingerprint density at radius 3 is 1.77 bits per heavy atom. The van der Waals surface area contributed by atoms with Gasteiger partial charge >= 0.3 is 18.3 Å². The predicted octanol–water partition coefficient (Wildman–Crippen LogP) is 9.83. The van der Waals surface area contributed by atoms with Gasteiger partial charge in [-0.1, -0.05) is 76.2 Å². The molecule has 77 heavy (non-hydrogen) atoms. The van der Waals surface area contributed by atoms with Crippen molar-refractivity contribution in [1.29, 1.82) is 0 Å². The molecule has 0 spiro atoms. The van der Waals surface area contributed by atoms with Crippen LogP contribution in [-0.4, -0.2) is 117 Å². The van der Waals surface area contributed by atoms with E-state index in [1.54, 1.807) is 9.80 Å². The zero-order valence-electron chi connectivity index (χ0n) is 44.5. The molecule has 0 radical (unpaired) electrons. The van der Waals surface area contributed by atoms with Crippen LogP contribution < -0.4 is 20.1 Å². The van der Waals surface area contributed by atoms with Crippen molar-refractivity contribution in [2.24, 2.45) is 16.8 Å². The maximum atomic E-state index is 14.7. The lowest BCUT2D eigenvalue weighted by atomic mass is 9.95. The molecular weight excluding hydrogens is 981 g/mol. The Morgan fingerprint density at radius 1 is 0.649 bits per heavy atom. The van der Waals surface area contributed by atoms with Gasteiger partial charge in [-0.3, -0.25) is 19.5 Å². The topological polar surface area (TPSA) is 206 Å². The van der Waals surface area contributed by atoms with Crippen LogP contribution in [0.25, 0.3) is 28.0 Å². The fourth-order valence-electron chi connectivity index (χ4n) is 12.1. The molecule has 6 heterocycles. The fraction of sp³-hybridized carbons (Fsp3) is 0.508. The second kappa shape index (κ2) is 22.3. The van der Waals surface area contributed by atoms with Crippen LogP contribution in [0.4, 0.5) is 14.4 Å². The molecule has 5 amide bonds. The average Bonchev–Trinajstić information content (AvgIpc) is 4.33. The number of amides is 5. The van der Waals surface area contributed by atoms with E-state index < -0.39 is 42.5 Å². The van der Waals surface area contributed by atoms with Gasteiger partial charge < -0.3 is 49.1 Å². The normalized spacial score (nSPS) is 21.8. The molecule has 3 N–H and O–H groups in total. The standard InChI is InChI=1S/C59H70N8O10/c1-34(2)52(63-57(70)75-43-10-5-6-11-43)55(68)66-23-9-14-48(66)54-61-29-47(62-54)39-21-19-37(20-22-39)36-15-17-38(18-16-36)40-24-46(60-28-40)49-27-45(77-59(72)65-30-41-25-50-51(74-33-73-50)26-42(41)31-65)32-67(49)56(69)53(35(3)4)64-58(71)76-44-12-7-8-13-44/h15-22,25-26,28-29,34-35,43-45,48-49,52-53H,5-14,23-24,27,30-33H2,1-4H3,(H,61,62)(H,63,70)(H,64,71)/t45-,48+,49?,52+,53+/m1/s1. The number of carbonyl (C=O) groups excluding carboxylic acids is 5. The molecule has 5 atom stereocenters. The Balaban J connectivity index is 0.729.